The lowest BCUT2D eigenvalue weighted by Crippen LogP contribution is -2.41. The molecule has 0 spiro atoms. The number of amides is 1. The van der Waals surface area contributed by atoms with Crippen LogP contribution < -0.4 is 0 Å². The summed E-state index contributed by atoms with van der Waals surface area (Å²) >= 11 is 0. The van der Waals surface area contributed by atoms with Gasteiger partial charge in [-0.05, 0) is 24.6 Å². The van der Waals surface area contributed by atoms with Gasteiger partial charge in [-0.25, -0.2) is 9.59 Å². The van der Waals surface area contributed by atoms with Gasteiger partial charge >= 0.3 is 12.1 Å². The summed E-state index contributed by atoms with van der Waals surface area (Å²) in [5.74, 6) is -0.662. The predicted molar refractivity (Wildman–Crippen MR) is 107 cm³/mol. The molecule has 2 unspecified atom stereocenters. The summed E-state index contributed by atoms with van der Waals surface area (Å²) in [6, 6.07) is 14.3. The average Bonchev–Trinajstić information content (AvgIpc) is 3.15. The standard InChI is InChI=1S/C21H23NO7S/c1-15-8-10-18(11-9-15)30(25,26)29-17-12-19(20(23)27-2)22(13-17)21(24)28-14-16-6-4-3-5-7-16/h3-11,17,19H,12-14H2,1-2H3. The van der Waals surface area contributed by atoms with E-state index in [9.17, 15) is 18.0 Å². The van der Waals surface area contributed by atoms with Gasteiger partial charge in [0.2, 0.25) is 0 Å². The van der Waals surface area contributed by atoms with E-state index >= 15 is 0 Å². The van der Waals surface area contributed by atoms with Crippen molar-refractivity contribution in [2.75, 3.05) is 13.7 Å². The van der Waals surface area contributed by atoms with Crippen molar-refractivity contribution in [1.82, 2.24) is 4.90 Å². The number of nitrogens with zero attached hydrogens (tertiary/aromatic N) is 1. The first-order valence-electron chi connectivity index (χ1n) is 9.35. The second-order valence-electron chi connectivity index (χ2n) is 6.95. The van der Waals surface area contributed by atoms with Crippen LogP contribution in [0, 0.1) is 6.92 Å². The highest BCUT2D eigenvalue weighted by Crippen LogP contribution is 2.26. The first-order valence-corrected chi connectivity index (χ1v) is 10.8. The Morgan fingerprint density at radius 3 is 2.37 bits per heavy atom. The van der Waals surface area contributed by atoms with Crippen LogP contribution in [-0.4, -0.2) is 51.2 Å². The van der Waals surface area contributed by atoms with Gasteiger partial charge in [0.05, 0.1) is 24.7 Å². The van der Waals surface area contributed by atoms with E-state index < -0.39 is 34.3 Å². The van der Waals surface area contributed by atoms with Gasteiger partial charge in [0, 0.05) is 6.42 Å². The molecule has 0 aliphatic carbocycles. The van der Waals surface area contributed by atoms with Crippen LogP contribution in [0.5, 0.6) is 0 Å². The lowest BCUT2D eigenvalue weighted by Gasteiger charge is -2.21. The zero-order chi connectivity index (χ0) is 21.7. The van der Waals surface area contributed by atoms with E-state index in [0.717, 1.165) is 16.0 Å². The van der Waals surface area contributed by atoms with Gasteiger partial charge in [-0.3, -0.25) is 9.08 Å². The van der Waals surface area contributed by atoms with E-state index in [2.05, 4.69) is 0 Å². The summed E-state index contributed by atoms with van der Waals surface area (Å²) in [7, 11) is -2.85. The number of carbonyl (C=O) groups excluding carboxylic acids is 2. The highest BCUT2D eigenvalue weighted by Gasteiger charge is 2.43. The normalized spacial score (nSPS) is 18.8. The van der Waals surface area contributed by atoms with Gasteiger partial charge in [0.1, 0.15) is 12.6 Å². The number of aryl methyl sites for hydroxylation is 1. The van der Waals surface area contributed by atoms with E-state index in [1.165, 1.54) is 19.2 Å². The molecular weight excluding hydrogens is 410 g/mol. The Kier molecular flexibility index (Phi) is 6.73. The lowest BCUT2D eigenvalue weighted by atomic mass is 10.2. The minimum absolute atomic E-state index is 0.00724. The van der Waals surface area contributed by atoms with Crippen molar-refractivity contribution in [3.63, 3.8) is 0 Å². The molecule has 1 saturated heterocycles. The van der Waals surface area contributed by atoms with Crippen LogP contribution in [-0.2, 0) is 35.2 Å². The van der Waals surface area contributed by atoms with E-state index in [-0.39, 0.29) is 24.5 Å². The molecule has 1 aliphatic rings. The molecule has 0 N–H and O–H groups in total. The predicted octanol–water partition coefficient (Wildman–Crippen LogP) is 2.65. The number of benzene rings is 2. The third-order valence-electron chi connectivity index (χ3n) is 4.75. The maximum Gasteiger partial charge on any atom is 0.410 e. The number of methoxy groups -OCH3 is 1. The minimum Gasteiger partial charge on any atom is -0.467 e. The molecular formula is C21H23NO7S. The van der Waals surface area contributed by atoms with Crippen LogP contribution in [0.15, 0.2) is 59.5 Å². The minimum atomic E-state index is -4.05. The summed E-state index contributed by atoms with van der Waals surface area (Å²) in [5, 5.41) is 0. The fourth-order valence-corrected chi connectivity index (χ4v) is 4.25. The molecule has 1 aliphatic heterocycles. The van der Waals surface area contributed by atoms with Crippen molar-refractivity contribution >= 4 is 22.2 Å². The summed E-state index contributed by atoms with van der Waals surface area (Å²) in [5.41, 5.74) is 1.70. The number of rotatable bonds is 6. The number of carbonyl (C=O) groups is 2. The number of esters is 1. The zero-order valence-corrected chi connectivity index (χ0v) is 17.5. The molecule has 2 atom stereocenters. The molecule has 2 aromatic rings. The summed E-state index contributed by atoms with van der Waals surface area (Å²) in [4.78, 5) is 25.9. The van der Waals surface area contributed by atoms with Crippen LogP contribution in [0.25, 0.3) is 0 Å². The quantitative estimate of drug-likeness (QED) is 0.510. The SMILES string of the molecule is COC(=O)C1CC(OS(=O)(=O)c2ccc(C)cc2)CN1C(=O)OCc1ccccc1. The van der Waals surface area contributed by atoms with Crippen LogP contribution >= 0.6 is 0 Å². The third-order valence-corrected chi connectivity index (χ3v) is 6.12. The van der Waals surface area contributed by atoms with E-state index in [0.29, 0.717) is 0 Å². The smallest absolute Gasteiger partial charge is 0.410 e. The zero-order valence-electron chi connectivity index (χ0n) is 16.7. The van der Waals surface area contributed by atoms with Gasteiger partial charge in [-0.15, -0.1) is 0 Å². The number of hydrogen-bond donors (Lipinski definition) is 0. The van der Waals surface area contributed by atoms with Gasteiger partial charge < -0.3 is 9.47 Å². The van der Waals surface area contributed by atoms with Gasteiger partial charge in [0.15, 0.2) is 0 Å². The Labute approximate surface area is 175 Å². The Morgan fingerprint density at radius 2 is 1.73 bits per heavy atom. The maximum absolute atomic E-state index is 12.6. The highest BCUT2D eigenvalue weighted by molar-refractivity contribution is 7.86. The summed E-state index contributed by atoms with van der Waals surface area (Å²) in [6.07, 6.45) is -1.66. The number of likely N-dealkylation sites (tertiary alicyclic amines) is 1. The number of hydrogen-bond acceptors (Lipinski definition) is 7. The average molecular weight is 433 g/mol. The second-order valence-corrected chi connectivity index (χ2v) is 8.52. The van der Waals surface area contributed by atoms with Gasteiger partial charge in [0.25, 0.3) is 10.1 Å². The van der Waals surface area contributed by atoms with Crippen molar-refractivity contribution in [2.45, 2.75) is 37.0 Å². The van der Waals surface area contributed by atoms with Crippen molar-refractivity contribution < 1.29 is 31.7 Å². The topological polar surface area (TPSA) is 99.2 Å². The molecule has 2 aromatic carbocycles. The molecule has 1 heterocycles. The number of ether oxygens (including phenoxy) is 2. The first kappa shape index (κ1) is 21.8. The van der Waals surface area contributed by atoms with Crippen LogP contribution in [0.4, 0.5) is 4.79 Å². The molecule has 0 saturated carbocycles. The highest BCUT2D eigenvalue weighted by atomic mass is 32.2. The summed E-state index contributed by atoms with van der Waals surface area (Å²) < 4.78 is 40.5. The van der Waals surface area contributed by atoms with E-state index in [1.54, 1.807) is 24.3 Å². The van der Waals surface area contributed by atoms with E-state index in [1.807, 2.05) is 25.1 Å². The molecule has 1 amide bonds. The molecule has 0 bridgehead atoms. The second kappa shape index (κ2) is 9.27. The summed E-state index contributed by atoms with van der Waals surface area (Å²) in [6.45, 7) is 1.75. The third kappa shape index (κ3) is 5.17. The molecule has 30 heavy (non-hydrogen) atoms. The lowest BCUT2D eigenvalue weighted by molar-refractivity contribution is -0.145. The van der Waals surface area contributed by atoms with Crippen molar-refractivity contribution in [1.29, 1.82) is 0 Å². The monoisotopic (exact) mass is 433 g/mol. The molecule has 9 heteroatoms. The van der Waals surface area contributed by atoms with Gasteiger partial charge in [-0.1, -0.05) is 48.0 Å². The molecule has 160 valence electrons. The van der Waals surface area contributed by atoms with Gasteiger partial charge in [-0.2, -0.15) is 8.42 Å². The molecule has 0 aromatic heterocycles. The van der Waals surface area contributed by atoms with Crippen molar-refractivity contribution in [3.8, 4) is 0 Å². The Balaban J connectivity index is 1.70. The Hall–Kier alpha value is -2.91. The molecule has 1 fully saturated rings. The Bertz CT molecular complexity index is 990. The largest absolute Gasteiger partial charge is 0.467 e. The van der Waals surface area contributed by atoms with Crippen LogP contribution in [0.2, 0.25) is 0 Å². The molecule has 3 rings (SSSR count). The van der Waals surface area contributed by atoms with Crippen molar-refractivity contribution in [3.05, 3.63) is 65.7 Å². The molecule has 8 nitrogen and oxygen atoms in total. The Morgan fingerprint density at radius 1 is 1.07 bits per heavy atom. The fraction of sp³-hybridized carbons (Fsp3) is 0.333. The molecule has 0 radical (unpaired) electrons. The van der Waals surface area contributed by atoms with Crippen LogP contribution in [0.3, 0.4) is 0 Å². The maximum atomic E-state index is 12.6. The first-order chi connectivity index (χ1) is 14.3. The van der Waals surface area contributed by atoms with E-state index in [4.69, 9.17) is 13.7 Å². The van der Waals surface area contributed by atoms with Crippen LogP contribution in [0.1, 0.15) is 17.5 Å². The fourth-order valence-electron chi connectivity index (χ4n) is 3.17. The van der Waals surface area contributed by atoms with Crippen molar-refractivity contribution in [2.24, 2.45) is 0 Å².